The summed E-state index contributed by atoms with van der Waals surface area (Å²) in [6, 6.07) is 0. The number of allylic oxidation sites excluding steroid dienone is 2. The first-order chi connectivity index (χ1) is 32.0. The molecule has 0 saturated heterocycles. The largest absolute Gasteiger partial charge is 0.462 e. The summed E-state index contributed by atoms with van der Waals surface area (Å²) < 4.78 is 16.9. The van der Waals surface area contributed by atoms with Gasteiger partial charge in [0, 0.05) is 19.3 Å². The maximum atomic E-state index is 12.8. The fourth-order valence-corrected chi connectivity index (χ4v) is 8.85. The van der Waals surface area contributed by atoms with E-state index in [-0.39, 0.29) is 31.1 Å². The predicted molar refractivity (Wildman–Crippen MR) is 280 cm³/mol. The molecule has 384 valence electrons. The van der Waals surface area contributed by atoms with E-state index in [1.165, 1.54) is 225 Å². The highest BCUT2D eigenvalue weighted by atomic mass is 16.6. The van der Waals surface area contributed by atoms with Crippen molar-refractivity contribution in [2.45, 2.75) is 335 Å². The molecule has 0 aromatic rings. The molecule has 0 spiro atoms. The Labute approximate surface area is 405 Å². The number of unbranched alkanes of at least 4 members (excludes halogenated alkanes) is 41. The first-order valence-corrected chi connectivity index (χ1v) is 29.2. The van der Waals surface area contributed by atoms with Gasteiger partial charge in [-0.05, 0) is 44.9 Å². The molecule has 0 radical (unpaired) electrons. The third-order valence-corrected chi connectivity index (χ3v) is 13.3. The first kappa shape index (κ1) is 63.1. The highest BCUT2D eigenvalue weighted by molar-refractivity contribution is 5.71. The maximum absolute atomic E-state index is 12.8. The molecular weight excluding hydrogens is 805 g/mol. The second-order valence-electron chi connectivity index (χ2n) is 19.9. The van der Waals surface area contributed by atoms with E-state index in [2.05, 4.69) is 32.9 Å². The predicted octanol–water partition coefficient (Wildman–Crippen LogP) is 19.3. The molecule has 0 saturated carbocycles. The lowest BCUT2D eigenvalue weighted by Crippen LogP contribution is -2.30. The van der Waals surface area contributed by atoms with Gasteiger partial charge in [-0.15, -0.1) is 0 Å². The normalized spacial score (nSPS) is 12.0. The van der Waals surface area contributed by atoms with Gasteiger partial charge in [-0.3, -0.25) is 14.4 Å². The Kier molecular flexibility index (Phi) is 53.2. The molecule has 0 aliphatic rings. The van der Waals surface area contributed by atoms with E-state index in [1.807, 2.05) is 0 Å². The van der Waals surface area contributed by atoms with Crippen LogP contribution < -0.4 is 0 Å². The van der Waals surface area contributed by atoms with Crippen molar-refractivity contribution in [2.75, 3.05) is 13.2 Å². The lowest BCUT2D eigenvalue weighted by atomic mass is 10.0. The lowest BCUT2D eigenvalue weighted by Gasteiger charge is -2.18. The van der Waals surface area contributed by atoms with E-state index < -0.39 is 6.10 Å². The van der Waals surface area contributed by atoms with Crippen LogP contribution in [0.5, 0.6) is 0 Å². The molecule has 0 heterocycles. The summed E-state index contributed by atoms with van der Waals surface area (Å²) in [5, 5.41) is 0. The molecule has 0 rings (SSSR count). The standard InChI is InChI=1S/C59H112O6/c1-4-7-10-13-16-19-22-24-26-28-30-32-33-35-37-40-43-46-49-52-58(61)64-55-56(54-63-57(60)51-48-45-42-39-21-18-15-12-9-6-3)65-59(62)53-50-47-44-41-38-36-34-31-29-27-25-23-20-17-14-11-8-5-2/h31,34,56H,4-30,32-33,35-55H2,1-3H3/b34-31-. The minimum atomic E-state index is -0.768. The smallest absolute Gasteiger partial charge is 0.306 e. The molecule has 0 bridgehead atoms. The minimum Gasteiger partial charge on any atom is -0.462 e. The van der Waals surface area contributed by atoms with Crippen molar-refractivity contribution in [1.29, 1.82) is 0 Å². The van der Waals surface area contributed by atoms with Gasteiger partial charge in [0.15, 0.2) is 6.10 Å². The molecule has 0 fully saturated rings. The Hall–Kier alpha value is -1.85. The molecule has 65 heavy (non-hydrogen) atoms. The number of carbonyl (C=O) groups excluding carboxylic acids is 3. The van der Waals surface area contributed by atoms with Crippen LogP contribution in [0.3, 0.4) is 0 Å². The Morgan fingerprint density at radius 1 is 0.292 bits per heavy atom. The fraction of sp³-hybridized carbons (Fsp3) is 0.915. The Morgan fingerprint density at radius 3 is 0.769 bits per heavy atom. The highest BCUT2D eigenvalue weighted by Crippen LogP contribution is 2.17. The van der Waals surface area contributed by atoms with E-state index in [0.29, 0.717) is 19.3 Å². The Balaban J connectivity index is 4.25. The van der Waals surface area contributed by atoms with Crippen LogP contribution in [0.4, 0.5) is 0 Å². The summed E-state index contributed by atoms with van der Waals surface area (Å²) >= 11 is 0. The fourth-order valence-electron chi connectivity index (χ4n) is 8.85. The molecule has 6 heteroatoms. The van der Waals surface area contributed by atoms with E-state index in [9.17, 15) is 14.4 Å². The first-order valence-electron chi connectivity index (χ1n) is 29.2. The lowest BCUT2D eigenvalue weighted by molar-refractivity contribution is -0.167. The number of ether oxygens (including phenoxy) is 3. The number of hydrogen-bond acceptors (Lipinski definition) is 6. The van der Waals surface area contributed by atoms with Crippen LogP contribution in [0.15, 0.2) is 12.2 Å². The van der Waals surface area contributed by atoms with Gasteiger partial charge in [-0.1, -0.05) is 277 Å². The molecule has 6 nitrogen and oxygen atoms in total. The van der Waals surface area contributed by atoms with E-state index in [1.54, 1.807) is 0 Å². The van der Waals surface area contributed by atoms with Crippen LogP contribution in [-0.2, 0) is 28.6 Å². The summed E-state index contributed by atoms with van der Waals surface area (Å²) in [6.45, 7) is 6.68. The van der Waals surface area contributed by atoms with E-state index in [4.69, 9.17) is 14.2 Å². The van der Waals surface area contributed by atoms with Crippen LogP contribution in [0.1, 0.15) is 329 Å². The SMILES string of the molecule is CCCCCCCCCCC/C=C\CCCCCCCC(=O)OC(COC(=O)CCCCCCCCCCCC)COC(=O)CCCCCCCCCCCCCCCCCCCCC. The molecule has 0 aliphatic heterocycles. The number of hydrogen-bond donors (Lipinski definition) is 0. The molecular formula is C59H112O6. The summed E-state index contributed by atoms with van der Waals surface area (Å²) in [4.78, 5) is 38.1. The zero-order chi connectivity index (χ0) is 47.2. The van der Waals surface area contributed by atoms with Crippen LogP contribution in [0.2, 0.25) is 0 Å². The molecule has 0 N–H and O–H groups in total. The molecule has 1 unspecified atom stereocenters. The number of rotatable bonds is 54. The zero-order valence-corrected chi connectivity index (χ0v) is 44.0. The van der Waals surface area contributed by atoms with Crippen molar-refractivity contribution in [3.05, 3.63) is 12.2 Å². The average molecular weight is 918 g/mol. The summed E-state index contributed by atoms with van der Waals surface area (Å²) in [7, 11) is 0. The molecule has 0 amide bonds. The van der Waals surface area contributed by atoms with Crippen molar-refractivity contribution in [3.8, 4) is 0 Å². The Bertz CT molecular complexity index is 1010. The van der Waals surface area contributed by atoms with Gasteiger partial charge in [0.05, 0.1) is 0 Å². The van der Waals surface area contributed by atoms with Crippen molar-refractivity contribution in [2.24, 2.45) is 0 Å². The quantitative estimate of drug-likeness (QED) is 0.0262. The highest BCUT2D eigenvalue weighted by Gasteiger charge is 2.19. The summed E-state index contributed by atoms with van der Waals surface area (Å²) in [5.74, 6) is -0.854. The van der Waals surface area contributed by atoms with Crippen LogP contribution in [-0.4, -0.2) is 37.2 Å². The van der Waals surface area contributed by atoms with Crippen molar-refractivity contribution < 1.29 is 28.6 Å². The average Bonchev–Trinajstić information content (AvgIpc) is 3.30. The molecule has 0 aromatic heterocycles. The van der Waals surface area contributed by atoms with Gasteiger partial charge in [-0.25, -0.2) is 0 Å². The topological polar surface area (TPSA) is 78.9 Å². The minimum absolute atomic E-state index is 0.0676. The van der Waals surface area contributed by atoms with E-state index in [0.717, 1.165) is 64.2 Å². The van der Waals surface area contributed by atoms with Crippen LogP contribution >= 0.6 is 0 Å². The van der Waals surface area contributed by atoms with Gasteiger partial charge >= 0.3 is 17.9 Å². The van der Waals surface area contributed by atoms with Crippen molar-refractivity contribution in [1.82, 2.24) is 0 Å². The molecule has 0 aliphatic carbocycles. The molecule has 1 atom stereocenters. The third kappa shape index (κ3) is 53.0. The second-order valence-corrected chi connectivity index (χ2v) is 19.9. The second kappa shape index (κ2) is 54.8. The van der Waals surface area contributed by atoms with Gasteiger partial charge in [0.2, 0.25) is 0 Å². The maximum Gasteiger partial charge on any atom is 0.306 e. The van der Waals surface area contributed by atoms with Crippen LogP contribution in [0, 0.1) is 0 Å². The third-order valence-electron chi connectivity index (χ3n) is 13.3. The van der Waals surface area contributed by atoms with Gasteiger partial charge in [0.25, 0.3) is 0 Å². The Morgan fingerprint density at radius 2 is 0.508 bits per heavy atom. The zero-order valence-electron chi connectivity index (χ0n) is 44.0. The summed E-state index contributed by atoms with van der Waals surface area (Å²) in [5.41, 5.74) is 0. The monoisotopic (exact) mass is 917 g/mol. The summed E-state index contributed by atoms with van der Waals surface area (Å²) in [6.07, 6.45) is 62.1. The van der Waals surface area contributed by atoms with Crippen molar-refractivity contribution in [3.63, 3.8) is 0 Å². The van der Waals surface area contributed by atoms with E-state index >= 15 is 0 Å². The number of esters is 3. The van der Waals surface area contributed by atoms with Crippen molar-refractivity contribution >= 4 is 17.9 Å². The number of carbonyl (C=O) groups is 3. The van der Waals surface area contributed by atoms with Gasteiger partial charge < -0.3 is 14.2 Å². The van der Waals surface area contributed by atoms with Crippen LogP contribution in [0.25, 0.3) is 0 Å². The van der Waals surface area contributed by atoms with Gasteiger partial charge in [-0.2, -0.15) is 0 Å². The molecule has 0 aromatic carbocycles. The van der Waals surface area contributed by atoms with Gasteiger partial charge in [0.1, 0.15) is 13.2 Å².